The number of aromatic nitrogens is 1. The van der Waals surface area contributed by atoms with Crippen LogP contribution in [-0.2, 0) is 6.54 Å². The molecule has 2 rings (SSSR count). The molecule has 0 spiro atoms. The Morgan fingerprint density at radius 2 is 2.14 bits per heavy atom. The highest BCUT2D eigenvalue weighted by Crippen LogP contribution is 2.32. The molecule has 0 aliphatic carbocycles. The third-order valence-corrected chi connectivity index (χ3v) is 2.90. The maximum absolute atomic E-state index is 12.5. The highest BCUT2D eigenvalue weighted by atomic mass is 35.5. The minimum atomic E-state index is -2.92. The summed E-state index contributed by atoms with van der Waals surface area (Å²) in [6, 6.07) is 8.29. The summed E-state index contributed by atoms with van der Waals surface area (Å²) < 4.78 is 34.6. The lowest BCUT2D eigenvalue weighted by molar-refractivity contribution is -0.0517. The van der Waals surface area contributed by atoms with Crippen LogP contribution in [0.1, 0.15) is 5.56 Å². The van der Waals surface area contributed by atoms with Crippen LogP contribution < -0.4 is 14.8 Å². The fraction of sp³-hybridized carbons (Fsp3) is 0.214. The summed E-state index contributed by atoms with van der Waals surface area (Å²) in [5, 5.41) is 3.40. The fourth-order valence-corrected chi connectivity index (χ4v) is 1.97. The maximum Gasteiger partial charge on any atom is 0.387 e. The molecule has 0 fully saturated rings. The van der Waals surface area contributed by atoms with Crippen molar-refractivity contribution >= 4 is 17.3 Å². The van der Waals surface area contributed by atoms with E-state index in [9.17, 15) is 8.78 Å². The van der Waals surface area contributed by atoms with E-state index >= 15 is 0 Å². The quantitative estimate of drug-likeness (QED) is 0.820. The van der Waals surface area contributed by atoms with Crippen molar-refractivity contribution in [2.75, 3.05) is 12.4 Å². The first-order chi connectivity index (χ1) is 10.1. The molecule has 0 aliphatic rings. The van der Waals surface area contributed by atoms with Crippen LogP contribution in [0.2, 0.25) is 5.15 Å². The molecule has 21 heavy (non-hydrogen) atoms. The van der Waals surface area contributed by atoms with Crippen molar-refractivity contribution in [2.45, 2.75) is 13.2 Å². The average molecular weight is 315 g/mol. The van der Waals surface area contributed by atoms with E-state index in [1.54, 1.807) is 36.5 Å². The van der Waals surface area contributed by atoms with E-state index in [1.807, 2.05) is 0 Å². The molecule has 1 N–H and O–H groups in total. The zero-order valence-electron chi connectivity index (χ0n) is 11.1. The minimum Gasteiger partial charge on any atom is -0.493 e. The van der Waals surface area contributed by atoms with E-state index in [0.717, 1.165) is 5.69 Å². The van der Waals surface area contributed by atoms with E-state index in [-0.39, 0.29) is 18.0 Å². The van der Waals surface area contributed by atoms with E-state index < -0.39 is 6.61 Å². The number of alkyl halides is 2. The molecule has 1 aromatic heterocycles. The predicted octanol–water partition coefficient (Wildman–Crippen LogP) is 3.96. The van der Waals surface area contributed by atoms with E-state index in [0.29, 0.717) is 10.7 Å². The molecule has 0 unspecified atom stereocenters. The Bertz CT molecular complexity index is 611. The number of nitrogens with zero attached hydrogens (tertiary/aromatic N) is 1. The molecule has 0 radical (unpaired) electrons. The van der Waals surface area contributed by atoms with Crippen LogP contribution in [-0.4, -0.2) is 18.7 Å². The number of halogens is 3. The second kappa shape index (κ2) is 7.08. The smallest absolute Gasteiger partial charge is 0.387 e. The van der Waals surface area contributed by atoms with Gasteiger partial charge in [-0.1, -0.05) is 23.7 Å². The summed E-state index contributed by atoms with van der Waals surface area (Å²) in [7, 11) is 1.40. The summed E-state index contributed by atoms with van der Waals surface area (Å²) in [6.45, 7) is -2.64. The van der Waals surface area contributed by atoms with Gasteiger partial charge in [-0.2, -0.15) is 8.78 Å². The molecule has 112 valence electrons. The van der Waals surface area contributed by atoms with Crippen molar-refractivity contribution in [1.82, 2.24) is 4.98 Å². The molecule has 0 saturated heterocycles. The number of para-hydroxylation sites is 1. The van der Waals surface area contributed by atoms with Crippen molar-refractivity contribution in [3.05, 3.63) is 47.2 Å². The van der Waals surface area contributed by atoms with Gasteiger partial charge in [-0.15, -0.1) is 0 Å². The Kier molecular flexibility index (Phi) is 5.16. The Morgan fingerprint density at radius 1 is 1.33 bits per heavy atom. The molecule has 1 aromatic carbocycles. The fourth-order valence-electron chi connectivity index (χ4n) is 1.79. The molecule has 0 aliphatic heterocycles. The van der Waals surface area contributed by atoms with Gasteiger partial charge in [-0.3, -0.25) is 0 Å². The minimum absolute atomic E-state index is 0.0163. The first-order valence-corrected chi connectivity index (χ1v) is 6.44. The summed E-state index contributed by atoms with van der Waals surface area (Å²) >= 11 is 5.78. The van der Waals surface area contributed by atoms with Gasteiger partial charge in [0, 0.05) is 24.0 Å². The lowest BCUT2D eigenvalue weighted by atomic mass is 10.2. The molecule has 7 heteroatoms. The molecule has 0 amide bonds. The molecule has 0 saturated carbocycles. The van der Waals surface area contributed by atoms with Crippen molar-refractivity contribution in [3.8, 4) is 11.5 Å². The van der Waals surface area contributed by atoms with Gasteiger partial charge in [0.05, 0.1) is 7.11 Å². The Hall–Kier alpha value is -2.08. The number of pyridine rings is 1. The highest BCUT2D eigenvalue weighted by molar-refractivity contribution is 6.29. The van der Waals surface area contributed by atoms with Gasteiger partial charge in [0.1, 0.15) is 5.15 Å². The largest absolute Gasteiger partial charge is 0.493 e. The third-order valence-electron chi connectivity index (χ3n) is 2.70. The van der Waals surface area contributed by atoms with Crippen molar-refractivity contribution < 1.29 is 18.3 Å². The normalized spacial score (nSPS) is 10.5. The number of nitrogens with one attached hydrogen (secondary N) is 1. The lowest BCUT2D eigenvalue weighted by Gasteiger charge is -2.15. The van der Waals surface area contributed by atoms with Crippen molar-refractivity contribution in [3.63, 3.8) is 0 Å². The molecule has 1 heterocycles. The number of methoxy groups -OCH3 is 1. The zero-order valence-corrected chi connectivity index (χ0v) is 11.9. The number of ether oxygens (including phenoxy) is 2. The van der Waals surface area contributed by atoms with Crippen LogP contribution in [0.4, 0.5) is 14.5 Å². The Labute approximate surface area is 125 Å². The van der Waals surface area contributed by atoms with E-state index in [4.69, 9.17) is 16.3 Å². The van der Waals surface area contributed by atoms with Crippen molar-refractivity contribution in [2.24, 2.45) is 0 Å². The number of benzene rings is 1. The molecule has 0 bridgehead atoms. The maximum atomic E-state index is 12.5. The van der Waals surface area contributed by atoms with Crippen LogP contribution in [0.5, 0.6) is 11.5 Å². The second-order valence-corrected chi connectivity index (χ2v) is 4.44. The van der Waals surface area contributed by atoms with Gasteiger partial charge in [-0.25, -0.2) is 4.98 Å². The topological polar surface area (TPSA) is 43.4 Å². The highest BCUT2D eigenvalue weighted by Gasteiger charge is 2.15. The van der Waals surface area contributed by atoms with Crippen molar-refractivity contribution in [1.29, 1.82) is 0 Å². The van der Waals surface area contributed by atoms with Gasteiger partial charge >= 0.3 is 6.61 Å². The summed E-state index contributed by atoms with van der Waals surface area (Å²) in [5.41, 5.74) is 1.27. The molecular weight excluding hydrogens is 302 g/mol. The van der Waals surface area contributed by atoms with Crippen LogP contribution in [0.3, 0.4) is 0 Å². The second-order valence-electron chi connectivity index (χ2n) is 4.05. The first-order valence-electron chi connectivity index (χ1n) is 6.06. The molecule has 0 atom stereocenters. The van der Waals surface area contributed by atoms with Gasteiger partial charge in [-0.05, 0) is 18.2 Å². The predicted molar refractivity (Wildman–Crippen MR) is 76.2 cm³/mol. The SMILES string of the molecule is COc1cccc(CNc2ccnc(Cl)c2)c1OC(F)F. The van der Waals surface area contributed by atoms with E-state index in [1.165, 1.54) is 7.11 Å². The number of anilines is 1. The zero-order chi connectivity index (χ0) is 15.2. The number of hydrogen-bond acceptors (Lipinski definition) is 4. The third kappa shape index (κ3) is 4.19. The monoisotopic (exact) mass is 314 g/mol. The van der Waals surface area contributed by atoms with Gasteiger partial charge in [0.25, 0.3) is 0 Å². The van der Waals surface area contributed by atoms with Crippen LogP contribution in [0.15, 0.2) is 36.5 Å². The standard InChI is InChI=1S/C14H13ClF2N2O2/c1-20-11-4-2-3-9(13(11)21-14(16)17)8-19-10-5-6-18-12(15)7-10/h2-7,14H,8H2,1H3,(H,18,19). The van der Waals surface area contributed by atoms with Gasteiger partial charge in [0.15, 0.2) is 11.5 Å². The Morgan fingerprint density at radius 3 is 2.81 bits per heavy atom. The van der Waals surface area contributed by atoms with Crippen LogP contribution in [0, 0.1) is 0 Å². The lowest BCUT2D eigenvalue weighted by Crippen LogP contribution is -2.08. The van der Waals surface area contributed by atoms with Crippen LogP contribution >= 0.6 is 11.6 Å². The number of rotatable bonds is 6. The summed E-state index contributed by atoms with van der Waals surface area (Å²) in [5.74, 6) is 0.269. The number of hydrogen-bond donors (Lipinski definition) is 1. The van der Waals surface area contributed by atoms with Crippen LogP contribution in [0.25, 0.3) is 0 Å². The Balaban J connectivity index is 2.19. The van der Waals surface area contributed by atoms with Gasteiger partial charge < -0.3 is 14.8 Å². The molecular formula is C14H13ClF2N2O2. The summed E-state index contributed by atoms with van der Waals surface area (Å²) in [4.78, 5) is 3.86. The molecule has 2 aromatic rings. The first kappa shape index (κ1) is 15.3. The van der Waals surface area contributed by atoms with Gasteiger partial charge in [0.2, 0.25) is 0 Å². The molecule has 4 nitrogen and oxygen atoms in total. The average Bonchev–Trinajstić information content (AvgIpc) is 2.45. The summed E-state index contributed by atoms with van der Waals surface area (Å²) in [6.07, 6.45) is 1.55. The van der Waals surface area contributed by atoms with E-state index in [2.05, 4.69) is 15.0 Å².